The second-order valence-corrected chi connectivity index (χ2v) is 11.4. The number of carboxylic acid groups (broad SMARTS) is 3. The monoisotopic (exact) mass is 553 g/mol. The molecule has 2 N–H and O–H groups in total. The molecule has 7 nitrogen and oxygen atoms in total. The fourth-order valence-corrected chi connectivity index (χ4v) is 5.29. The first-order chi connectivity index (χ1) is 18.8. The second kappa shape index (κ2) is 26.3. The molecule has 0 saturated heterocycles. The van der Waals surface area contributed by atoms with E-state index in [0.29, 0.717) is 19.3 Å². The van der Waals surface area contributed by atoms with Crippen LogP contribution in [0.4, 0.5) is 0 Å². The number of carbonyl (C=O) groups excluding carboxylic acids is 1. The number of rotatable bonds is 30. The summed E-state index contributed by atoms with van der Waals surface area (Å²) in [5.41, 5.74) is 0. The van der Waals surface area contributed by atoms with Gasteiger partial charge in [0.1, 0.15) is 0 Å². The maximum absolute atomic E-state index is 11.0. The first-order valence-corrected chi connectivity index (χ1v) is 15.9. The first-order valence-electron chi connectivity index (χ1n) is 15.9. The van der Waals surface area contributed by atoms with E-state index in [1.54, 1.807) is 0 Å². The normalized spacial score (nSPS) is 11.8. The molecular weight excluding hydrogens is 494 g/mol. The summed E-state index contributed by atoms with van der Waals surface area (Å²) in [6.45, 7) is 5.55. The van der Waals surface area contributed by atoms with Crippen LogP contribution in [0.2, 0.25) is 0 Å². The lowest BCUT2D eigenvalue weighted by atomic mass is 10.0. The number of aliphatic carboxylic acids is 3. The van der Waals surface area contributed by atoms with Crippen molar-refractivity contribution in [2.24, 2.45) is 0 Å². The van der Waals surface area contributed by atoms with Crippen LogP contribution in [-0.4, -0.2) is 58.8 Å². The van der Waals surface area contributed by atoms with Gasteiger partial charge in [0.15, 0.2) is 0 Å². The standard InChI is InChI=1S/C32H59NO6/c1-2-3-4-5-6-7-8-9-10-11-12-13-14-15-19-26-33(27-20-16-23-30(34)35,28-21-17-24-31(36)37)29-22-18-25-32(38)39/h15,19H,2-14,16-18,20-29H2,1H3,(H2-,34,35,36,37,38,39)/b19-15+. The van der Waals surface area contributed by atoms with E-state index in [0.717, 1.165) is 56.3 Å². The zero-order valence-electron chi connectivity index (χ0n) is 25.0. The molecule has 0 radical (unpaired) electrons. The Labute approximate surface area is 238 Å². The van der Waals surface area contributed by atoms with Gasteiger partial charge in [-0.3, -0.25) is 9.59 Å². The van der Waals surface area contributed by atoms with Crippen LogP contribution >= 0.6 is 0 Å². The fourth-order valence-electron chi connectivity index (χ4n) is 5.29. The van der Waals surface area contributed by atoms with Crippen molar-refractivity contribution < 1.29 is 34.2 Å². The molecular formula is C32H59NO6. The summed E-state index contributed by atoms with van der Waals surface area (Å²) >= 11 is 0. The SMILES string of the molecule is CCCCCCCCCCCCCC/C=C/C[N+](CCCCC(=O)[O-])(CCCCC(=O)O)CCCCC(=O)O. The van der Waals surface area contributed by atoms with Crippen LogP contribution in [0.5, 0.6) is 0 Å². The van der Waals surface area contributed by atoms with Gasteiger partial charge in [-0.15, -0.1) is 0 Å². The molecule has 0 atom stereocenters. The second-order valence-electron chi connectivity index (χ2n) is 11.4. The van der Waals surface area contributed by atoms with Crippen LogP contribution in [0, 0.1) is 0 Å². The van der Waals surface area contributed by atoms with Gasteiger partial charge in [-0.1, -0.05) is 83.6 Å². The minimum Gasteiger partial charge on any atom is -0.550 e. The number of hydrogen-bond acceptors (Lipinski definition) is 4. The van der Waals surface area contributed by atoms with E-state index in [1.807, 2.05) is 0 Å². The first kappa shape index (κ1) is 37.1. The smallest absolute Gasteiger partial charge is 0.303 e. The molecule has 0 fully saturated rings. The van der Waals surface area contributed by atoms with E-state index >= 15 is 0 Å². The highest BCUT2D eigenvalue weighted by atomic mass is 16.4. The highest BCUT2D eigenvalue weighted by Crippen LogP contribution is 2.18. The number of hydrogen-bond donors (Lipinski definition) is 2. The third kappa shape index (κ3) is 26.1. The molecule has 0 aliphatic rings. The molecule has 7 heteroatoms. The number of unbranched alkanes of at least 4 members (excludes halogenated alkanes) is 15. The van der Waals surface area contributed by atoms with Gasteiger partial charge in [0.05, 0.1) is 26.2 Å². The molecule has 39 heavy (non-hydrogen) atoms. The largest absolute Gasteiger partial charge is 0.550 e. The summed E-state index contributed by atoms with van der Waals surface area (Å²) in [4.78, 5) is 32.8. The van der Waals surface area contributed by atoms with Gasteiger partial charge in [-0.25, -0.2) is 0 Å². The van der Waals surface area contributed by atoms with Crippen LogP contribution in [0.3, 0.4) is 0 Å². The lowest BCUT2D eigenvalue weighted by molar-refractivity contribution is -0.923. The predicted molar refractivity (Wildman–Crippen MR) is 156 cm³/mol. The van der Waals surface area contributed by atoms with Gasteiger partial charge in [-0.05, 0) is 63.9 Å². The Morgan fingerprint density at radius 1 is 0.564 bits per heavy atom. The molecule has 0 heterocycles. The van der Waals surface area contributed by atoms with E-state index < -0.39 is 17.9 Å². The van der Waals surface area contributed by atoms with E-state index in [9.17, 15) is 19.5 Å². The third-order valence-electron chi connectivity index (χ3n) is 7.69. The molecule has 0 bridgehead atoms. The van der Waals surface area contributed by atoms with Crippen molar-refractivity contribution in [1.29, 1.82) is 0 Å². The Kier molecular flexibility index (Phi) is 25.1. The summed E-state index contributed by atoms with van der Waals surface area (Å²) in [5, 5.41) is 28.9. The van der Waals surface area contributed by atoms with Gasteiger partial charge < -0.3 is 24.6 Å². The fraction of sp³-hybridized carbons (Fsp3) is 0.844. The highest BCUT2D eigenvalue weighted by Gasteiger charge is 2.25. The summed E-state index contributed by atoms with van der Waals surface area (Å²) in [6.07, 6.45) is 26.1. The van der Waals surface area contributed by atoms with Gasteiger partial charge in [-0.2, -0.15) is 0 Å². The maximum atomic E-state index is 11.0. The van der Waals surface area contributed by atoms with Crippen LogP contribution in [-0.2, 0) is 14.4 Å². The van der Waals surface area contributed by atoms with Gasteiger partial charge in [0, 0.05) is 18.8 Å². The zero-order valence-corrected chi connectivity index (χ0v) is 25.0. The molecule has 0 spiro atoms. The van der Waals surface area contributed by atoms with Crippen molar-refractivity contribution in [3.63, 3.8) is 0 Å². The Balaban J connectivity index is 4.57. The number of nitrogens with zero attached hydrogens (tertiary/aromatic N) is 1. The van der Waals surface area contributed by atoms with Crippen molar-refractivity contribution in [3.05, 3.63) is 12.2 Å². The average molecular weight is 554 g/mol. The van der Waals surface area contributed by atoms with Gasteiger partial charge >= 0.3 is 11.9 Å². The molecule has 0 aromatic rings. The Bertz CT molecular complexity index is 594. The van der Waals surface area contributed by atoms with Crippen molar-refractivity contribution >= 4 is 17.9 Å². The molecule has 228 valence electrons. The average Bonchev–Trinajstić information content (AvgIpc) is 2.89. The summed E-state index contributed by atoms with van der Waals surface area (Å²) in [5.74, 6) is -2.60. The third-order valence-corrected chi connectivity index (χ3v) is 7.69. The Morgan fingerprint density at radius 2 is 0.974 bits per heavy atom. The summed E-state index contributed by atoms with van der Waals surface area (Å²) in [6, 6.07) is 0. The molecule has 0 rings (SSSR count). The molecule has 0 aromatic carbocycles. The van der Waals surface area contributed by atoms with E-state index in [1.165, 1.54) is 77.0 Å². The lowest BCUT2D eigenvalue weighted by Gasteiger charge is -2.38. The van der Waals surface area contributed by atoms with E-state index in [4.69, 9.17) is 10.2 Å². The van der Waals surface area contributed by atoms with Gasteiger partial charge in [0.25, 0.3) is 0 Å². The number of allylic oxidation sites excluding steroid dienone is 1. The zero-order chi connectivity index (χ0) is 29.0. The summed E-state index contributed by atoms with van der Waals surface area (Å²) < 4.78 is 0.765. The molecule has 0 aliphatic heterocycles. The van der Waals surface area contributed by atoms with Crippen LogP contribution in [0.15, 0.2) is 12.2 Å². The Morgan fingerprint density at radius 3 is 1.38 bits per heavy atom. The molecule has 0 aliphatic carbocycles. The van der Waals surface area contributed by atoms with E-state index in [2.05, 4.69) is 19.1 Å². The quantitative estimate of drug-likeness (QED) is 0.0569. The molecule has 0 saturated carbocycles. The highest BCUT2D eigenvalue weighted by molar-refractivity contribution is 5.66. The predicted octanol–water partition coefficient (Wildman–Crippen LogP) is 6.88. The number of carbonyl (C=O) groups is 3. The Hall–Kier alpha value is -1.89. The van der Waals surface area contributed by atoms with E-state index in [-0.39, 0.29) is 19.3 Å². The molecule has 0 aromatic heterocycles. The lowest BCUT2D eigenvalue weighted by Crippen LogP contribution is -2.50. The van der Waals surface area contributed by atoms with Crippen molar-refractivity contribution in [2.75, 3.05) is 26.2 Å². The van der Waals surface area contributed by atoms with Crippen molar-refractivity contribution in [1.82, 2.24) is 0 Å². The van der Waals surface area contributed by atoms with Crippen LogP contribution in [0.25, 0.3) is 0 Å². The number of quaternary nitrogens is 1. The van der Waals surface area contributed by atoms with Crippen LogP contribution in [0.1, 0.15) is 148 Å². The van der Waals surface area contributed by atoms with Crippen molar-refractivity contribution in [3.8, 4) is 0 Å². The van der Waals surface area contributed by atoms with Gasteiger partial charge in [0.2, 0.25) is 0 Å². The molecule has 0 unspecified atom stereocenters. The van der Waals surface area contributed by atoms with Crippen molar-refractivity contribution in [2.45, 2.75) is 148 Å². The maximum Gasteiger partial charge on any atom is 0.303 e. The topological polar surface area (TPSA) is 115 Å². The number of carboxylic acids is 3. The summed E-state index contributed by atoms with van der Waals surface area (Å²) in [7, 11) is 0. The van der Waals surface area contributed by atoms with Crippen LogP contribution < -0.4 is 5.11 Å². The molecule has 0 amide bonds. The minimum absolute atomic E-state index is 0.0484. The minimum atomic E-state index is -1.03.